The number of amides is 1. The van der Waals surface area contributed by atoms with Crippen LogP contribution in [-0.4, -0.2) is 50.1 Å². The lowest BCUT2D eigenvalue weighted by Crippen LogP contribution is -2.44. The molecule has 1 aliphatic rings. The molecule has 6 heteroatoms. The molecule has 1 amide bonds. The molecule has 0 saturated carbocycles. The van der Waals surface area contributed by atoms with Gasteiger partial charge < -0.3 is 10.0 Å². The Hall–Kier alpha value is -2.21. The predicted octanol–water partition coefficient (Wildman–Crippen LogP) is 1.95. The monoisotopic (exact) mass is 314 g/mol. The van der Waals surface area contributed by atoms with Crippen molar-refractivity contribution in [1.82, 2.24) is 19.9 Å². The minimum atomic E-state index is -0.0958. The maximum absolute atomic E-state index is 12.7. The molecule has 1 aromatic carbocycles. The number of carbonyl (C=O) groups excluding carboxylic acids is 1. The van der Waals surface area contributed by atoms with Crippen LogP contribution in [0, 0.1) is 6.92 Å². The molecule has 23 heavy (non-hydrogen) atoms. The third-order valence-electron chi connectivity index (χ3n) is 4.36. The van der Waals surface area contributed by atoms with Crippen LogP contribution in [0.25, 0.3) is 5.69 Å². The van der Waals surface area contributed by atoms with Crippen molar-refractivity contribution in [3.8, 4) is 5.69 Å². The van der Waals surface area contributed by atoms with Gasteiger partial charge in [-0.25, -0.2) is 4.68 Å². The van der Waals surface area contributed by atoms with Crippen LogP contribution >= 0.6 is 0 Å². The fourth-order valence-electron chi connectivity index (χ4n) is 3.05. The Labute approximate surface area is 135 Å². The number of aliphatic hydroxyl groups is 1. The van der Waals surface area contributed by atoms with E-state index >= 15 is 0 Å². The minimum Gasteiger partial charge on any atom is -0.396 e. The van der Waals surface area contributed by atoms with E-state index in [4.69, 9.17) is 0 Å². The fourth-order valence-corrected chi connectivity index (χ4v) is 3.05. The standard InChI is InChI=1S/C17H22N4O2/c1-13-5-7-15(8-6-13)21-12-16(18-19-21)17(23)20-10-3-2-4-14(20)9-11-22/h5-8,12,14,22H,2-4,9-11H2,1H3. The van der Waals surface area contributed by atoms with Crippen molar-refractivity contribution >= 4 is 5.91 Å². The zero-order valence-electron chi connectivity index (χ0n) is 13.4. The van der Waals surface area contributed by atoms with Gasteiger partial charge in [0.05, 0.1) is 11.9 Å². The quantitative estimate of drug-likeness (QED) is 0.936. The molecule has 1 aromatic heterocycles. The summed E-state index contributed by atoms with van der Waals surface area (Å²) in [6.45, 7) is 2.85. The first-order valence-electron chi connectivity index (χ1n) is 8.10. The van der Waals surface area contributed by atoms with E-state index in [1.54, 1.807) is 10.9 Å². The number of likely N-dealkylation sites (tertiary alicyclic amines) is 1. The first kappa shape index (κ1) is 15.7. The normalized spacial score (nSPS) is 18.2. The second-order valence-corrected chi connectivity index (χ2v) is 6.04. The van der Waals surface area contributed by atoms with Crippen molar-refractivity contribution in [3.05, 3.63) is 41.7 Å². The van der Waals surface area contributed by atoms with E-state index in [-0.39, 0.29) is 18.6 Å². The molecule has 2 aromatic rings. The number of aryl methyl sites for hydroxylation is 1. The van der Waals surface area contributed by atoms with Crippen molar-refractivity contribution in [2.45, 2.75) is 38.6 Å². The highest BCUT2D eigenvalue weighted by Crippen LogP contribution is 2.21. The summed E-state index contributed by atoms with van der Waals surface area (Å²) >= 11 is 0. The number of benzene rings is 1. The Balaban J connectivity index is 1.78. The molecule has 3 rings (SSSR count). The molecule has 0 radical (unpaired) electrons. The van der Waals surface area contributed by atoms with E-state index in [1.165, 1.54) is 5.56 Å². The highest BCUT2D eigenvalue weighted by molar-refractivity contribution is 5.92. The molecule has 1 N–H and O–H groups in total. The summed E-state index contributed by atoms with van der Waals surface area (Å²) < 4.78 is 1.62. The highest BCUT2D eigenvalue weighted by atomic mass is 16.3. The molecular formula is C17H22N4O2. The van der Waals surface area contributed by atoms with Gasteiger partial charge >= 0.3 is 0 Å². The van der Waals surface area contributed by atoms with Crippen LogP contribution in [0.2, 0.25) is 0 Å². The number of aliphatic hydroxyl groups excluding tert-OH is 1. The van der Waals surface area contributed by atoms with Crippen LogP contribution in [0.4, 0.5) is 0 Å². The molecular weight excluding hydrogens is 292 g/mol. The van der Waals surface area contributed by atoms with Crippen molar-refractivity contribution in [2.24, 2.45) is 0 Å². The molecule has 1 aliphatic heterocycles. The van der Waals surface area contributed by atoms with Gasteiger partial charge in [0.25, 0.3) is 5.91 Å². The Bertz CT molecular complexity index is 663. The van der Waals surface area contributed by atoms with Crippen LogP contribution in [0.3, 0.4) is 0 Å². The second-order valence-electron chi connectivity index (χ2n) is 6.04. The summed E-state index contributed by atoms with van der Waals surface area (Å²) in [5.74, 6) is -0.0958. The zero-order chi connectivity index (χ0) is 16.2. The van der Waals surface area contributed by atoms with E-state index in [9.17, 15) is 9.90 Å². The Morgan fingerprint density at radius 1 is 1.30 bits per heavy atom. The summed E-state index contributed by atoms with van der Waals surface area (Å²) in [6, 6.07) is 8.01. The Kier molecular flexibility index (Phi) is 4.71. The lowest BCUT2D eigenvalue weighted by Gasteiger charge is -2.35. The summed E-state index contributed by atoms with van der Waals surface area (Å²) in [7, 11) is 0. The number of aromatic nitrogens is 3. The van der Waals surface area contributed by atoms with Crippen LogP contribution in [-0.2, 0) is 0 Å². The van der Waals surface area contributed by atoms with Gasteiger partial charge in [0.15, 0.2) is 5.69 Å². The molecule has 0 aliphatic carbocycles. The zero-order valence-corrected chi connectivity index (χ0v) is 13.4. The van der Waals surface area contributed by atoms with Crippen LogP contribution in [0.15, 0.2) is 30.5 Å². The molecule has 6 nitrogen and oxygen atoms in total. The van der Waals surface area contributed by atoms with Crippen molar-refractivity contribution < 1.29 is 9.90 Å². The Morgan fingerprint density at radius 2 is 2.09 bits per heavy atom. The van der Waals surface area contributed by atoms with Crippen molar-refractivity contribution in [3.63, 3.8) is 0 Å². The van der Waals surface area contributed by atoms with Gasteiger partial charge in [0, 0.05) is 19.2 Å². The van der Waals surface area contributed by atoms with E-state index in [0.717, 1.165) is 31.5 Å². The third-order valence-corrected chi connectivity index (χ3v) is 4.36. The second kappa shape index (κ2) is 6.91. The van der Waals surface area contributed by atoms with Gasteiger partial charge in [-0.2, -0.15) is 0 Å². The summed E-state index contributed by atoms with van der Waals surface area (Å²) in [4.78, 5) is 14.5. The number of piperidine rings is 1. The maximum atomic E-state index is 12.7. The SMILES string of the molecule is Cc1ccc(-n2cc(C(=O)N3CCCCC3CCO)nn2)cc1. The molecule has 1 fully saturated rings. The number of hydrogen-bond acceptors (Lipinski definition) is 4. The first-order valence-corrected chi connectivity index (χ1v) is 8.10. The predicted molar refractivity (Wildman–Crippen MR) is 86.5 cm³/mol. The molecule has 1 saturated heterocycles. The fraction of sp³-hybridized carbons (Fsp3) is 0.471. The number of nitrogens with zero attached hydrogens (tertiary/aromatic N) is 4. The van der Waals surface area contributed by atoms with Gasteiger partial charge in [-0.05, 0) is 44.7 Å². The average Bonchev–Trinajstić information content (AvgIpc) is 3.06. The minimum absolute atomic E-state index is 0.0958. The van der Waals surface area contributed by atoms with E-state index < -0.39 is 0 Å². The van der Waals surface area contributed by atoms with Gasteiger partial charge in [-0.1, -0.05) is 22.9 Å². The van der Waals surface area contributed by atoms with E-state index in [1.807, 2.05) is 36.1 Å². The molecule has 1 unspecified atom stereocenters. The topological polar surface area (TPSA) is 71.2 Å². The number of hydrogen-bond donors (Lipinski definition) is 1. The van der Waals surface area contributed by atoms with Crippen LogP contribution < -0.4 is 0 Å². The lowest BCUT2D eigenvalue weighted by atomic mass is 9.99. The molecule has 2 heterocycles. The molecule has 122 valence electrons. The largest absolute Gasteiger partial charge is 0.396 e. The lowest BCUT2D eigenvalue weighted by molar-refractivity contribution is 0.0568. The average molecular weight is 314 g/mol. The molecule has 1 atom stereocenters. The highest BCUT2D eigenvalue weighted by Gasteiger charge is 2.28. The maximum Gasteiger partial charge on any atom is 0.276 e. The van der Waals surface area contributed by atoms with Gasteiger partial charge in [-0.3, -0.25) is 4.79 Å². The van der Waals surface area contributed by atoms with Gasteiger partial charge in [-0.15, -0.1) is 5.10 Å². The van der Waals surface area contributed by atoms with Gasteiger partial charge in [0.1, 0.15) is 0 Å². The number of carbonyl (C=O) groups is 1. The molecule has 0 spiro atoms. The van der Waals surface area contributed by atoms with Crippen LogP contribution in [0.1, 0.15) is 41.7 Å². The summed E-state index contributed by atoms with van der Waals surface area (Å²) in [6.07, 6.45) is 5.35. The van der Waals surface area contributed by atoms with Crippen molar-refractivity contribution in [1.29, 1.82) is 0 Å². The van der Waals surface area contributed by atoms with Gasteiger partial charge in [0.2, 0.25) is 0 Å². The van der Waals surface area contributed by atoms with E-state index in [0.29, 0.717) is 12.1 Å². The smallest absolute Gasteiger partial charge is 0.276 e. The summed E-state index contributed by atoms with van der Waals surface area (Å²) in [5.41, 5.74) is 2.41. The van der Waals surface area contributed by atoms with E-state index in [2.05, 4.69) is 10.3 Å². The Morgan fingerprint density at radius 3 is 2.83 bits per heavy atom. The van der Waals surface area contributed by atoms with Crippen molar-refractivity contribution in [2.75, 3.05) is 13.2 Å². The van der Waals surface area contributed by atoms with Crippen LogP contribution in [0.5, 0.6) is 0 Å². The first-order chi connectivity index (χ1) is 11.2. The summed E-state index contributed by atoms with van der Waals surface area (Å²) in [5, 5.41) is 17.3. The number of rotatable bonds is 4. The third kappa shape index (κ3) is 3.42. The molecule has 0 bridgehead atoms.